The highest BCUT2D eigenvalue weighted by atomic mass is 31.2. The van der Waals surface area contributed by atoms with Crippen molar-refractivity contribution in [3.05, 3.63) is 29.3 Å². The average molecular weight is 835 g/mol. The molecule has 0 amide bonds. The van der Waals surface area contributed by atoms with Gasteiger partial charge in [-0.15, -0.1) is 0 Å². The Morgan fingerprint density at radius 3 is 2.04 bits per heavy atom. The fourth-order valence-electron chi connectivity index (χ4n) is 9.09. The first-order valence-corrected chi connectivity index (χ1v) is 20.7. The van der Waals surface area contributed by atoms with Crippen LogP contribution >= 0.6 is 8.53 Å². The Balaban J connectivity index is 1.25. The van der Waals surface area contributed by atoms with Crippen LogP contribution in [0.15, 0.2) is 18.2 Å². The quantitative estimate of drug-likeness (QED) is 0.0736. The maximum atomic E-state index is 13.2. The number of rotatable bonds is 20. The van der Waals surface area contributed by atoms with E-state index in [2.05, 4.69) is 62.2 Å². The number of fused-ring (bicyclic) bond motifs is 5. The highest BCUT2D eigenvalue weighted by Gasteiger charge is 2.85. The molecule has 56 heavy (non-hydrogen) atoms. The number of ether oxygens (including phenoxy) is 3. The third-order valence-corrected chi connectivity index (χ3v) is 13.7. The Morgan fingerprint density at radius 1 is 0.804 bits per heavy atom. The molecule has 0 heterocycles. The molecule has 1 aromatic carbocycles. The van der Waals surface area contributed by atoms with E-state index in [9.17, 15) is 39.5 Å². The first-order chi connectivity index (χ1) is 26.2. The highest BCUT2D eigenvalue weighted by Crippen LogP contribution is 2.62. The lowest BCUT2D eigenvalue weighted by molar-refractivity contribution is -0.457. The van der Waals surface area contributed by atoms with E-state index < -0.39 is 45.7 Å². The zero-order valence-electron chi connectivity index (χ0n) is 32.8. The molecule has 0 aliphatic heterocycles. The summed E-state index contributed by atoms with van der Waals surface area (Å²) in [5, 5.41) is 8.85. The van der Waals surface area contributed by atoms with Gasteiger partial charge in [0.1, 0.15) is 5.75 Å². The van der Waals surface area contributed by atoms with Crippen molar-refractivity contribution < 1.29 is 62.8 Å². The van der Waals surface area contributed by atoms with Crippen LogP contribution in [-0.4, -0.2) is 80.0 Å². The van der Waals surface area contributed by atoms with Crippen LogP contribution in [-0.2, 0) is 24.9 Å². The van der Waals surface area contributed by atoms with Crippen LogP contribution in [0.2, 0.25) is 0 Å². The minimum absolute atomic E-state index is 0.245. The van der Waals surface area contributed by atoms with Gasteiger partial charge in [0.05, 0.1) is 38.6 Å². The predicted octanol–water partition coefficient (Wildman–Crippen LogP) is 11.6. The molecule has 0 N–H and O–H groups in total. The Morgan fingerprint density at radius 2 is 1.43 bits per heavy atom. The number of aryl methyl sites for hydroxylation is 1. The molecule has 6 atom stereocenters. The predicted molar refractivity (Wildman–Crippen MR) is 193 cm³/mol. The van der Waals surface area contributed by atoms with Crippen molar-refractivity contribution in [3.8, 4) is 11.8 Å². The topological polar surface area (TPSA) is 73.2 Å². The van der Waals surface area contributed by atoms with Gasteiger partial charge in [-0.05, 0) is 138 Å². The summed E-state index contributed by atoms with van der Waals surface area (Å²) in [7, 11) is -1.25. The number of nitrogens with zero attached hydrogens (tertiary/aromatic N) is 2. The fourth-order valence-corrected chi connectivity index (χ4v) is 10.8. The molecular formula is C39H56F9N2O5P. The summed E-state index contributed by atoms with van der Waals surface area (Å²) in [6.07, 6.45) is -13.4. The number of benzene rings is 1. The molecule has 4 rings (SSSR count). The monoisotopic (exact) mass is 834 g/mol. The van der Waals surface area contributed by atoms with Crippen molar-refractivity contribution >= 4 is 8.53 Å². The normalized spacial score (nSPS) is 24.9. The number of unbranched alkanes of at least 4 members (excludes halogenated alkanes) is 2. The zero-order chi connectivity index (χ0) is 41.5. The smallest absolute Gasteiger partial charge is 0.435 e. The van der Waals surface area contributed by atoms with Crippen LogP contribution in [0.3, 0.4) is 0 Å². The molecular weight excluding hydrogens is 778 g/mol. The lowest BCUT2D eigenvalue weighted by Crippen LogP contribution is -2.67. The van der Waals surface area contributed by atoms with E-state index in [-0.39, 0.29) is 30.2 Å². The van der Waals surface area contributed by atoms with Gasteiger partial charge in [-0.3, -0.25) is 0 Å². The van der Waals surface area contributed by atoms with Crippen LogP contribution in [0.25, 0.3) is 0 Å². The van der Waals surface area contributed by atoms with E-state index in [1.165, 1.54) is 11.1 Å². The van der Waals surface area contributed by atoms with E-state index in [0.29, 0.717) is 56.8 Å². The fraction of sp³-hybridized carbons (Fsp3) is 0.821. The Kier molecular flexibility index (Phi) is 16.3. The largest absolute Gasteiger partial charge is 0.494 e. The second-order valence-electron chi connectivity index (χ2n) is 15.9. The molecule has 1 unspecified atom stereocenters. The Bertz CT molecular complexity index is 1390. The molecule has 3 aliphatic carbocycles. The first-order valence-electron chi connectivity index (χ1n) is 19.6. The second kappa shape index (κ2) is 19.4. The van der Waals surface area contributed by atoms with E-state index in [4.69, 9.17) is 23.8 Å². The van der Waals surface area contributed by atoms with Crippen molar-refractivity contribution in [1.29, 1.82) is 5.26 Å². The van der Waals surface area contributed by atoms with E-state index >= 15 is 0 Å². The Labute approximate surface area is 325 Å². The summed E-state index contributed by atoms with van der Waals surface area (Å²) in [4.78, 5) is 0. The summed E-state index contributed by atoms with van der Waals surface area (Å²) in [6.45, 7) is 10.4. The van der Waals surface area contributed by atoms with Gasteiger partial charge in [0, 0.05) is 25.1 Å². The molecule has 0 spiro atoms. The maximum absolute atomic E-state index is 13.2. The van der Waals surface area contributed by atoms with E-state index in [0.717, 1.165) is 50.7 Å². The van der Waals surface area contributed by atoms with Crippen molar-refractivity contribution in [2.24, 2.45) is 17.3 Å². The van der Waals surface area contributed by atoms with Crippen molar-refractivity contribution in [2.45, 2.75) is 153 Å². The van der Waals surface area contributed by atoms with Gasteiger partial charge in [-0.1, -0.05) is 13.0 Å². The van der Waals surface area contributed by atoms with Gasteiger partial charge in [0.15, 0.2) is 0 Å². The van der Waals surface area contributed by atoms with Gasteiger partial charge in [0.2, 0.25) is 0 Å². The zero-order valence-corrected chi connectivity index (χ0v) is 33.7. The lowest BCUT2D eigenvalue weighted by atomic mass is 9.55. The molecule has 17 heteroatoms. The Hall–Kier alpha value is -1.89. The summed E-state index contributed by atoms with van der Waals surface area (Å²) in [5.41, 5.74) is -3.97. The molecule has 2 saturated carbocycles. The summed E-state index contributed by atoms with van der Waals surface area (Å²) >= 11 is 0. The minimum Gasteiger partial charge on any atom is -0.494 e. The van der Waals surface area contributed by atoms with Crippen molar-refractivity contribution in [2.75, 3.05) is 33.0 Å². The molecule has 0 saturated heterocycles. The number of halogens is 9. The van der Waals surface area contributed by atoms with E-state index in [1.54, 1.807) is 0 Å². The average Bonchev–Trinajstić information content (AvgIpc) is 3.43. The number of hydrogen-bond donors (Lipinski definition) is 0. The molecule has 320 valence electrons. The molecule has 0 aromatic heterocycles. The van der Waals surface area contributed by atoms with Crippen LogP contribution in [0.1, 0.15) is 116 Å². The highest BCUT2D eigenvalue weighted by molar-refractivity contribution is 7.44. The molecule has 0 radical (unpaired) electrons. The van der Waals surface area contributed by atoms with Crippen LogP contribution in [0, 0.1) is 28.6 Å². The van der Waals surface area contributed by atoms with Gasteiger partial charge < -0.3 is 23.3 Å². The third kappa shape index (κ3) is 10.5. The van der Waals surface area contributed by atoms with Crippen molar-refractivity contribution in [1.82, 2.24) is 4.67 Å². The summed E-state index contributed by atoms with van der Waals surface area (Å²) in [5.74, 6) is 1.82. The second-order valence-corrected chi connectivity index (χ2v) is 17.4. The molecule has 2 fully saturated rings. The van der Waals surface area contributed by atoms with Gasteiger partial charge in [0.25, 0.3) is 8.53 Å². The van der Waals surface area contributed by atoms with Crippen LogP contribution in [0.4, 0.5) is 39.5 Å². The molecule has 0 bridgehead atoms. The number of nitriles is 1. The van der Waals surface area contributed by atoms with Gasteiger partial charge in [-0.2, -0.15) is 44.8 Å². The summed E-state index contributed by atoms with van der Waals surface area (Å²) < 4.78 is 149. The molecule has 7 nitrogen and oxygen atoms in total. The lowest BCUT2D eigenvalue weighted by Gasteiger charge is -2.50. The standard InChI is InChI=1S/C39H56F9N2O5P/c1-26(2)50(27(3)4)56(54-23-7-6-19-49)55-24-9-8-20-51-29-12-14-30-28(25-29)11-13-32-31(30)17-18-35(5)33(32)15-16-34(35)52-21-10-22-53-36(37(40,41)42,38(43,44)45)39(46,47)48/h12,14,25-27,31-34H,6-11,13,15-18,20-24H2,1-5H3/t31-,32-,33+,34+,35+,56?/m1/s1. The van der Waals surface area contributed by atoms with Gasteiger partial charge >= 0.3 is 24.1 Å². The number of alkyl halides is 9. The minimum atomic E-state index is -6.75. The molecule has 3 aliphatic rings. The van der Waals surface area contributed by atoms with Gasteiger partial charge in [-0.25, -0.2) is 4.67 Å². The van der Waals surface area contributed by atoms with E-state index in [1.807, 2.05) is 6.07 Å². The molecule has 1 aromatic rings. The third-order valence-electron chi connectivity index (χ3n) is 11.6. The maximum Gasteiger partial charge on any atom is 0.435 e. The first kappa shape index (κ1) is 46.8. The van der Waals surface area contributed by atoms with Crippen molar-refractivity contribution in [3.63, 3.8) is 0 Å². The number of hydrogen-bond acceptors (Lipinski definition) is 7. The summed E-state index contributed by atoms with van der Waals surface area (Å²) in [6, 6.07) is 8.92. The van der Waals surface area contributed by atoms with Crippen LogP contribution in [0.5, 0.6) is 5.75 Å². The SMILES string of the molecule is CC(C)N(C(C)C)P(OCCCC#N)OCCCCOc1ccc2c(c1)CC[C@@H]1[C@@H]2CC[C@]2(C)[C@@H](OCCCOC(C(F)(F)F)(C(F)(F)F)C(F)(F)F)CC[C@@H]12. The van der Waals surface area contributed by atoms with Crippen LogP contribution < -0.4 is 4.74 Å².